The molecule has 2 aromatic heterocycles. The van der Waals surface area contributed by atoms with Gasteiger partial charge in [0.15, 0.2) is 16.3 Å². The Morgan fingerprint density at radius 1 is 1.09 bits per heavy atom. The zero-order valence-electron chi connectivity index (χ0n) is 25.1. The lowest BCUT2D eigenvalue weighted by atomic mass is 9.95. The molecule has 14 nitrogen and oxygen atoms in total. The third kappa shape index (κ3) is 6.94. The SMILES string of the molecule is CC(=O)O.COC(=O)C1=C(C)N=c2sc(=Cc3ccc(-c4ccccc4[N+](=O)[O-])o3)c(=O)n2C1c1ccc(OC(C)=O)c(OC)c1. The summed E-state index contributed by atoms with van der Waals surface area (Å²) >= 11 is 1.09. The first-order valence-corrected chi connectivity index (χ1v) is 14.2. The topological polar surface area (TPSA) is 190 Å². The first-order valence-electron chi connectivity index (χ1n) is 13.4. The van der Waals surface area contributed by atoms with Crippen LogP contribution in [0.1, 0.15) is 38.1 Å². The van der Waals surface area contributed by atoms with E-state index in [4.69, 9.17) is 28.5 Å². The van der Waals surface area contributed by atoms with E-state index in [1.807, 2.05) is 0 Å². The van der Waals surface area contributed by atoms with Crippen LogP contribution in [0.15, 0.2) is 80.1 Å². The van der Waals surface area contributed by atoms with Gasteiger partial charge in [0.1, 0.15) is 11.5 Å². The summed E-state index contributed by atoms with van der Waals surface area (Å²) in [6.07, 6.45) is 1.51. The van der Waals surface area contributed by atoms with Gasteiger partial charge in [-0.1, -0.05) is 29.5 Å². The Morgan fingerprint density at radius 3 is 2.41 bits per heavy atom. The number of hydrogen-bond acceptors (Lipinski definition) is 12. The number of carbonyl (C=O) groups is 3. The summed E-state index contributed by atoms with van der Waals surface area (Å²) in [5, 5.41) is 18.9. The molecule has 1 aliphatic rings. The lowest BCUT2D eigenvalue weighted by Crippen LogP contribution is -2.39. The molecule has 0 spiro atoms. The second-order valence-corrected chi connectivity index (χ2v) is 10.6. The highest BCUT2D eigenvalue weighted by Crippen LogP contribution is 2.36. The second-order valence-electron chi connectivity index (χ2n) is 9.57. The molecule has 0 saturated carbocycles. The summed E-state index contributed by atoms with van der Waals surface area (Å²) in [6.45, 7) is 3.99. The van der Waals surface area contributed by atoms with Crippen molar-refractivity contribution in [3.05, 3.63) is 107 Å². The average Bonchev–Trinajstić information content (AvgIpc) is 3.59. The van der Waals surface area contributed by atoms with Crippen molar-refractivity contribution in [1.82, 2.24) is 4.57 Å². The predicted octanol–water partition coefficient (Wildman–Crippen LogP) is 3.60. The van der Waals surface area contributed by atoms with Crippen LogP contribution in [0.5, 0.6) is 11.5 Å². The molecule has 0 bridgehead atoms. The van der Waals surface area contributed by atoms with Crippen LogP contribution in [0, 0.1) is 10.1 Å². The van der Waals surface area contributed by atoms with Crippen molar-refractivity contribution in [3.63, 3.8) is 0 Å². The van der Waals surface area contributed by atoms with Gasteiger partial charge < -0.3 is 23.7 Å². The number of aromatic nitrogens is 1. The molecule has 0 radical (unpaired) electrons. The fourth-order valence-corrected chi connectivity index (χ4v) is 5.67. The number of thiazole rings is 1. The molecule has 15 heteroatoms. The normalized spacial score (nSPS) is 13.9. The molecule has 46 heavy (non-hydrogen) atoms. The Labute approximate surface area is 264 Å². The number of furan rings is 1. The third-order valence-corrected chi connectivity index (χ3v) is 7.43. The molecule has 1 unspecified atom stereocenters. The summed E-state index contributed by atoms with van der Waals surface area (Å²) in [5.41, 5.74) is 0.729. The van der Waals surface area contributed by atoms with Gasteiger partial charge in [-0.15, -0.1) is 0 Å². The van der Waals surface area contributed by atoms with Gasteiger partial charge in [0.25, 0.3) is 17.2 Å². The molecule has 0 amide bonds. The average molecular weight is 650 g/mol. The summed E-state index contributed by atoms with van der Waals surface area (Å²) < 4.78 is 23.1. The first-order chi connectivity index (χ1) is 21.9. The fourth-order valence-electron chi connectivity index (χ4n) is 4.65. The molecule has 0 saturated heterocycles. The highest BCUT2D eigenvalue weighted by Gasteiger charge is 2.34. The zero-order chi connectivity index (χ0) is 33.7. The van der Waals surface area contributed by atoms with E-state index in [2.05, 4.69) is 4.99 Å². The molecule has 4 aromatic rings. The monoisotopic (exact) mass is 649 g/mol. The molecule has 0 aliphatic carbocycles. The minimum atomic E-state index is -0.935. The number of methoxy groups -OCH3 is 2. The van der Waals surface area contributed by atoms with Crippen LogP contribution in [0.3, 0.4) is 0 Å². The Balaban J connectivity index is 0.00000113. The number of carbonyl (C=O) groups excluding carboxylic acids is 2. The Morgan fingerprint density at radius 2 is 1.78 bits per heavy atom. The van der Waals surface area contributed by atoms with Crippen molar-refractivity contribution in [2.75, 3.05) is 14.2 Å². The number of carboxylic acid groups (broad SMARTS) is 1. The van der Waals surface area contributed by atoms with Crippen molar-refractivity contribution in [3.8, 4) is 22.8 Å². The molecule has 3 heterocycles. The van der Waals surface area contributed by atoms with Crippen LogP contribution in [0.2, 0.25) is 0 Å². The first kappa shape index (κ1) is 33.1. The van der Waals surface area contributed by atoms with Gasteiger partial charge in [-0.25, -0.2) is 9.79 Å². The van der Waals surface area contributed by atoms with E-state index >= 15 is 0 Å². The summed E-state index contributed by atoms with van der Waals surface area (Å²) in [4.78, 5) is 63.1. The van der Waals surface area contributed by atoms with Gasteiger partial charge in [-0.3, -0.25) is 29.1 Å². The van der Waals surface area contributed by atoms with Crippen LogP contribution >= 0.6 is 11.3 Å². The highest BCUT2D eigenvalue weighted by atomic mass is 32.1. The Hall–Kier alpha value is -5.83. The standard InChI is InChI=1S/C29H23N3O9S.C2H4O2/c1-15-25(28(35)39-4)26(17-9-11-22(40-16(2)33)23(13-17)38-3)31-27(34)24(42-29(31)30-15)14-18-10-12-21(41-18)19-7-5-6-8-20(19)32(36)37;1-2(3)4/h5-14,26H,1-4H3;1H3,(H,3,4). The maximum absolute atomic E-state index is 13.8. The maximum Gasteiger partial charge on any atom is 0.338 e. The van der Waals surface area contributed by atoms with E-state index in [0.29, 0.717) is 27.4 Å². The molecule has 238 valence electrons. The number of nitro benzene ring substituents is 1. The van der Waals surface area contributed by atoms with E-state index in [0.717, 1.165) is 18.3 Å². The number of aliphatic carboxylic acids is 1. The quantitative estimate of drug-likeness (QED) is 0.133. The number of nitro groups is 1. The van der Waals surface area contributed by atoms with E-state index < -0.39 is 34.4 Å². The number of para-hydroxylation sites is 1. The maximum atomic E-state index is 13.8. The van der Waals surface area contributed by atoms with Gasteiger partial charge >= 0.3 is 11.9 Å². The van der Waals surface area contributed by atoms with Crippen LogP contribution in [-0.2, 0) is 19.1 Å². The Bertz CT molecular complexity index is 2070. The molecule has 0 fully saturated rings. The van der Waals surface area contributed by atoms with Crippen molar-refractivity contribution in [2.24, 2.45) is 4.99 Å². The minimum absolute atomic E-state index is 0.112. The Kier molecular flexibility index (Phi) is 9.96. The van der Waals surface area contributed by atoms with Crippen LogP contribution in [-0.4, -0.2) is 46.7 Å². The number of allylic oxidation sites excluding steroid dienone is 1. The summed E-state index contributed by atoms with van der Waals surface area (Å²) in [5.74, 6) is -1.08. The second kappa shape index (κ2) is 13.9. The molecule has 1 N–H and O–H groups in total. The van der Waals surface area contributed by atoms with Crippen LogP contribution in [0.25, 0.3) is 17.4 Å². The summed E-state index contributed by atoms with van der Waals surface area (Å²) in [6, 6.07) is 13.2. The van der Waals surface area contributed by atoms with Gasteiger partial charge in [-0.2, -0.15) is 0 Å². The van der Waals surface area contributed by atoms with Crippen molar-refractivity contribution >= 4 is 41.0 Å². The van der Waals surface area contributed by atoms with E-state index in [-0.39, 0.29) is 33.1 Å². The predicted molar refractivity (Wildman–Crippen MR) is 164 cm³/mol. The van der Waals surface area contributed by atoms with Gasteiger partial charge in [0.2, 0.25) is 0 Å². The summed E-state index contributed by atoms with van der Waals surface area (Å²) in [7, 11) is 2.64. The van der Waals surface area contributed by atoms with Crippen molar-refractivity contribution in [1.29, 1.82) is 0 Å². The molecule has 5 rings (SSSR count). The molecule has 1 aliphatic heterocycles. The number of ether oxygens (including phenoxy) is 3. The number of benzene rings is 2. The lowest BCUT2D eigenvalue weighted by molar-refractivity contribution is -0.384. The van der Waals surface area contributed by atoms with Crippen LogP contribution < -0.4 is 24.4 Å². The smallest absolute Gasteiger partial charge is 0.338 e. The molecule has 1 atom stereocenters. The molecular weight excluding hydrogens is 622 g/mol. The number of fused-ring (bicyclic) bond motifs is 1. The van der Waals surface area contributed by atoms with E-state index in [1.165, 1.54) is 43.9 Å². The number of rotatable bonds is 7. The van der Waals surface area contributed by atoms with Gasteiger partial charge in [-0.05, 0) is 42.8 Å². The fraction of sp³-hybridized carbons (Fsp3) is 0.194. The van der Waals surface area contributed by atoms with E-state index in [9.17, 15) is 24.5 Å². The molecule has 2 aromatic carbocycles. The largest absolute Gasteiger partial charge is 0.493 e. The third-order valence-electron chi connectivity index (χ3n) is 6.45. The van der Waals surface area contributed by atoms with Crippen molar-refractivity contribution < 1.29 is 43.0 Å². The van der Waals surface area contributed by atoms with Gasteiger partial charge in [0, 0.05) is 26.0 Å². The van der Waals surface area contributed by atoms with Gasteiger partial charge in [0.05, 0.1) is 46.6 Å². The zero-order valence-corrected chi connectivity index (χ0v) is 25.9. The minimum Gasteiger partial charge on any atom is -0.493 e. The molecular formula is C31H27N3O11S. The number of hydrogen-bond donors (Lipinski definition) is 1. The highest BCUT2D eigenvalue weighted by molar-refractivity contribution is 7.07. The number of nitrogens with zero attached hydrogens (tertiary/aromatic N) is 3. The van der Waals surface area contributed by atoms with Crippen LogP contribution in [0.4, 0.5) is 5.69 Å². The lowest BCUT2D eigenvalue weighted by Gasteiger charge is -2.25. The van der Waals surface area contributed by atoms with E-state index in [1.54, 1.807) is 49.4 Å². The number of carboxylic acids is 1. The van der Waals surface area contributed by atoms with Crippen molar-refractivity contribution in [2.45, 2.75) is 26.8 Å². The number of esters is 2.